The van der Waals surface area contributed by atoms with Crippen molar-refractivity contribution in [2.45, 2.75) is 20.3 Å². The Morgan fingerprint density at radius 1 is 1.57 bits per heavy atom. The van der Waals surface area contributed by atoms with Crippen LogP contribution in [0.2, 0.25) is 0 Å². The minimum absolute atomic E-state index is 0.0618. The largest absolute Gasteiger partial charge is 0.381 e. The zero-order valence-electron chi connectivity index (χ0n) is 8.59. The number of aromatic nitrogens is 1. The normalized spacial score (nSPS) is 21.4. The van der Waals surface area contributed by atoms with Crippen LogP contribution in [-0.2, 0) is 4.74 Å². The lowest BCUT2D eigenvalue weighted by Crippen LogP contribution is -2.15. The molecule has 1 aromatic rings. The maximum Gasteiger partial charge on any atom is 0.184 e. The van der Waals surface area contributed by atoms with Gasteiger partial charge in [0.1, 0.15) is 0 Å². The van der Waals surface area contributed by atoms with Crippen molar-refractivity contribution < 1.29 is 9.53 Å². The number of hydrogen-bond donors (Lipinski definition) is 1. The van der Waals surface area contributed by atoms with Crippen LogP contribution in [-0.4, -0.2) is 24.0 Å². The van der Waals surface area contributed by atoms with Gasteiger partial charge in [-0.3, -0.25) is 4.79 Å². The van der Waals surface area contributed by atoms with E-state index >= 15 is 0 Å². The molecule has 1 fully saturated rings. The maximum atomic E-state index is 12.0. The van der Waals surface area contributed by atoms with Crippen LogP contribution in [0.3, 0.4) is 0 Å². The summed E-state index contributed by atoms with van der Waals surface area (Å²) >= 11 is 0. The van der Waals surface area contributed by atoms with Crippen LogP contribution in [0, 0.1) is 19.8 Å². The first-order valence-electron chi connectivity index (χ1n) is 4.96. The van der Waals surface area contributed by atoms with Crippen LogP contribution < -0.4 is 0 Å². The molecule has 14 heavy (non-hydrogen) atoms. The number of ketones is 1. The first kappa shape index (κ1) is 9.46. The number of H-pyrrole nitrogens is 1. The van der Waals surface area contributed by atoms with E-state index in [1.807, 2.05) is 20.0 Å². The zero-order chi connectivity index (χ0) is 10.1. The van der Waals surface area contributed by atoms with Crippen LogP contribution in [0.25, 0.3) is 0 Å². The molecule has 1 unspecified atom stereocenters. The van der Waals surface area contributed by atoms with E-state index < -0.39 is 0 Å². The third kappa shape index (κ3) is 1.48. The molecule has 0 amide bonds. The molecule has 0 radical (unpaired) electrons. The molecule has 3 nitrogen and oxygen atoms in total. The molecule has 1 aromatic heterocycles. The maximum absolute atomic E-state index is 12.0. The van der Waals surface area contributed by atoms with Crippen molar-refractivity contribution in [3.05, 3.63) is 23.0 Å². The van der Waals surface area contributed by atoms with E-state index in [-0.39, 0.29) is 11.7 Å². The Balaban J connectivity index is 2.22. The van der Waals surface area contributed by atoms with Gasteiger partial charge in [-0.25, -0.2) is 0 Å². The molecule has 2 heterocycles. The van der Waals surface area contributed by atoms with Crippen molar-refractivity contribution >= 4 is 5.78 Å². The number of rotatable bonds is 2. The summed E-state index contributed by atoms with van der Waals surface area (Å²) in [6.45, 7) is 5.29. The second kappa shape index (κ2) is 3.58. The number of carbonyl (C=O) groups excluding carboxylic acids is 1. The lowest BCUT2D eigenvalue weighted by Gasteiger charge is -2.05. The molecule has 0 spiro atoms. The Hall–Kier alpha value is -1.09. The van der Waals surface area contributed by atoms with Crippen molar-refractivity contribution in [2.75, 3.05) is 13.2 Å². The number of aromatic amines is 1. The van der Waals surface area contributed by atoms with Gasteiger partial charge in [0.05, 0.1) is 12.3 Å². The minimum Gasteiger partial charge on any atom is -0.381 e. The third-order valence-electron chi connectivity index (χ3n) is 2.95. The standard InChI is InChI=1S/C11H15NO2/c1-7-5-12-10(8(7)2)11(13)9-3-4-14-6-9/h5,9,12H,3-4,6H2,1-2H3. The third-order valence-corrected chi connectivity index (χ3v) is 2.95. The Labute approximate surface area is 83.5 Å². The number of ether oxygens (including phenoxy) is 1. The average molecular weight is 193 g/mol. The molecule has 0 aromatic carbocycles. The lowest BCUT2D eigenvalue weighted by molar-refractivity contribution is 0.0895. The fraction of sp³-hybridized carbons (Fsp3) is 0.545. The van der Waals surface area contributed by atoms with Gasteiger partial charge in [-0.15, -0.1) is 0 Å². The predicted octanol–water partition coefficient (Wildman–Crippen LogP) is 1.85. The Kier molecular flexibility index (Phi) is 2.42. The van der Waals surface area contributed by atoms with E-state index in [1.165, 1.54) is 0 Å². The van der Waals surface area contributed by atoms with Gasteiger partial charge in [0.15, 0.2) is 5.78 Å². The average Bonchev–Trinajstić information content (AvgIpc) is 2.77. The molecule has 0 saturated carbocycles. The first-order valence-corrected chi connectivity index (χ1v) is 4.96. The van der Waals surface area contributed by atoms with Crippen molar-refractivity contribution in [3.63, 3.8) is 0 Å². The summed E-state index contributed by atoms with van der Waals surface area (Å²) < 4.78 is 5.21. The van der Waals surface area contributed by atoms with E-state index in [1.54, 1.807) is 0 Å². The fourth-order valence-electron chi connectivity index (χ4n) is 1.80. The smallest absolute Gasteiger partial charge is 0.184 e. The summed E-state index contributed by atoms with van der Waals surface area (Å²) in [7, 11) is 0. The summed E-state index contributed by atoms with van der Waals surface area (Å²) in [6.07, 6.45) is 2.74. The molecular weight excluding hydrogens is 178 g/mol. The zero-order valence-corrected chi connectivity index (χ0v) is 8.59. The topological polar surface area (TPSA) is 42.1 Å². The van der Waals surface area contributed by atoms with Gasteiger partial charge in [0.2, 0.25) is 0 Å². The van der Waals surface area contributed by atoms with Crippen molar-refractivity contribution in [3.8, 4) is 0 Å². The summed E-state index contributed by atoms with van der Waals surface area (Å²) in [5.41, 5.74) is 2.98. The highest BCUT2D eigenvalue weighted by Gasteiger charge is 2.26. The van der Waals surface area contributed by atoms with Crippen LogP contribution in [0.1, 0.15) is 28.0 Å². The number of carbonyl (C=O) groups is 1. The summed E-state index contributed by atoms with van der Waals surface area (Å²) in [5.74, 6) is 0.264. The SMILES string of the molecule is Cc1c[nH]c(C(=O)C2CCOC2)c1C. The van der Waals surface area contributed by atoms with Crippen LogP contribution in [0.15, 0.2) is 6.20 Å². The number of nitrogens with one attached hydrogen (secondary N) is 1. The second-order valence-electron chi connectivity index (χ2n) is 3.90. The first-order chi connectivity index (χ1) is 6.70. The Morgan fingerprint density at radius 3 is 2.86 bits per heavy atom. The number of Topliss-reactive ketones (excluding diaryl/α,β-unsaturated/α-hetero) is 1. The van der Waals surface area contributed by atoms with E-state index in [9.17, 15) is 4.79 Å². The predicted molar refractivity (Wildman–Crippen MR) is 53.5 cm³/mol. The molecule has 0 bridgehead atoms. The summed E-state index contributed by atoms with van der Waals surface area (Å²) in [4.78, 5) is 15.0. The molecule has 1 aliphatic heterocycles. The van der Waals surface area contributed by atoms with Gasteiger partial charge in [-0.2, -0.15) is 0 Å². The Bertz CT molecular complexity index is 348. The van der Waals surface area contributed by atoms with Crippen molar-refractivity contribution in [1.82, 2.24) is 4.98 Å². The van der Waals surface area contributed by atoms with Gasteiger partial charge in [0, 0.05) is 18.7 Å². The highest BCUT2D eigenvalue weighted by atomic mass is 16.5. The van der Waals surface area contributed by atoms with E-state index in [4.69, 9.17) is 4.74 Å². The molecule has 0 aliphatic carbocycles. The molecule has 1 aliphatic rings. The number of hydrogen-bond acceptors (Lipinski definition) is 2. The van der Waals surface area contributed by atoms with Crippen LogP contribution in [0.4, 0.5) is 0 Å². The van der Waals surface area contributed by atoms with Crippen LogP contribution in [0.5, 0.6) is 0 Å². The summed E-state index contributed by atoms with van der Waals surface area (Å²) in [5, 5.41) is 0. The van der Waals surface area contributed by atoms with Gasteiger partial charge in [0.25, 0.3) is 0 Å². The summed E-state index contributed by atoms with van der Waals surface area (Å²) in [6, 6.07) is 0. The minimum atomic E-state index is 0.0618. The van der Waals surface area contributed by atoms with Crippen molar-refractivity contribution in [2.24, 2.45) is 5.92 Å². The fourth-order valence-corrected chi connectivity index (χ4v) is 1.80. The van der Waals surface area contributed by atoms with E-state index in [0.717, 1.165) is 29.8 Å². The highest BCUT2D eigenvalue weighted by molar-refractivity contribution is 5.98. The van der Waals surface area contributed by atoms with Gasteiger partial charge in [-0.1, -0.05) is 0 Å². The molecular formula is C11H15NO2. The molecule has 1 atom stereocenters. The molecule has 1 N–H and O–H groups in total. The monoisotopic (exact) mass is 193 g/mol. The van der Waals surface area contributed by atoms with Gasteiger partial charge < -0.3 is 9.72 Å². The lowest BCUT2D eigenvalue weighted by atomic mass is 9.98. The van der Waals surface area contributed by atoms with Crippen molar-refractivity contribution in [1.29, 1.82) is 0 Å². The molecule has 76 valence electrons. The molecule has 2 rings (SSSR count). The van der Waals surface area contributed by atoms with Gasteiger partial charge in [-0.05, 0) is 31.4 Å². The van der Waals surface area contributed by atoms with Crippen LogP contribution >= 0.6 is 0 Å². The Morgan fingerprint density at radius 2 is 2.36 bits per heavy atom. The molecule has 1 saturated heterocycles. The molecule has 3 heteroatoms. The van der Waals surface area contributed by atoms with Gasteiger partial charge >= 0.3 is 0 Å². The second-order valence-corrected chi connectivity index (χ2v) is 3.90. The highest BCUT2D eigenvalue weighted by Crippen LogP contribution is 2.21. The van der Waals surface area contributed by atoms with E-state index in [0.29, 0.717) is 6.61 Å². The number of aryl methyl sites for hydroxylation is 1. The van der Waals surface area contributed by atoms with E-state index in [2.05, 4.69) is 4.98 Å². The quantitative estimate of drug-likeness (QED) is 0.728.